The molecule has 0 bridgehead atoms. The molecule has 1 aliphatic rings. The van der Waals surface area contributed by atoms with Gasteiger partial charge < -0.3 is 20.4 Å². The van der Waals surface area contributed by atoms with Crippen molar-refractivity contribution in [3.8, 4) is 11.8 Å². The molecule has 1 saturated heterocycles. The third-order valence-electron chi connectivity index (χ3n) is 6.47. The lowest BCUT2D eigenvalue weighted by atomic mass is 9.81. The van der Waals surface area contributed by atoms with Gasteiger partial charge in [0.1, 0.15) is 17.6 Å². The van der Waals surface area contributed by atoms with Gasteiger partial charge in [-0.25, -0.2) is 4.39 Å². The number of ether oxygens (including phenoxy) is 1. The highest BCUT2D eigenvalue weighted by Gasteiger charge is 2.39. The van der Waals surface area contributed by atoms with Crippen molar-refractivity contribution in [2.24, 2.45) is 17.3 Å². The van der Waals surface area contributed by atoms with Gasteiger partial charge in [0, 0.05) is 29.2 Å². The quantitative estimate of drug-likeness (QED) is 0.446. The number of nitriles is 1. The molecule has 0 radical (unpaired) electrons. The number of methoxy groups -OCH3 is 1. The molecule has 2 aromatic rings. The van der Waals surface area contributed by atoms with Crippen molar-refractivity contribution in [2.75, 3.05) is 7.11 Å². The van der Waals surface area contributed by atoms with Crippen LogP contribution in [0.1, 0.15) is 70.8 Å². The second-order valence-electron chi connectivity index (χ2n) is 11.5. The summed E-state index contributed by atoms with van der Waals surface area (Å²) in [6.45, 7) is 9.73. The Morgan fingerprint density at radius 3 is 2.58 bits per heavy atom. The first-order valence-electron chi connectivity index (χ1n) is 12.1. The number of Topliss-reactive ketones (excluding diaryl/α,β-unsaturated/α-hetero) is 1. The van der Waals surface area contributed by atoms with Gasteiger partial charge in [0.15, 0.2) is 5.78 Å². The minimum Gasteiger partial charge on any atom is -0.496 e. The lowest BCUT2D eigenvalue weighted by Crippen LogP contribution is -2.41. The average molecular weight is 499 g/mol. The summed E-state index contributed by atoms with van der Waals surface area (Å²) in [5.41, 5.74) is -0.275. The van der Waals surface area contributed by atoms with E-state index in [0.717, 1.165) is 0 Å². The smallest absolute Gasteiger partial charge is 0.224 e. The molecular formula is C27H35FN4O4. The number of halogens is 1. The predicted octanol–water partition coefficient (Wildman–Crippen LogP) is 4.25. The molecular weight excluding hydrogens is 463 g/mol. The molecule has 3 N–H and O–H groups in total. The number of hydrogen-bond acceptors (Lipinski definition) is 5. The SMILES string of the molecule is COc1ccc(F)c2[nH]c(C(=O)CC(CC(C)(C)C)C(=O)NC(C#N)CC3CC(C)(C)NC3=O)cc12. The third kappa shape index (κ3) is 6.42. The standard InChI is InChI=1S/C27H35FN4O4/c1-26(2,3)12-16(24(34)30-17(14-29)9-15-13-27(4,5)32-25(15)35)10-21(33)20-11-18-22(36-6)8-7-19(28)23(18)31-20/h7-8,11,15-17,31H,9-10,12-13H2,1-6H3,(H,30,34)(H,32,35). The van der Waals surface area contributed by atoms with E-state index in [9.17, 15) is 24.0 Å². The van der Waals surface area contributed by atoms with E-state index in [1.165, 1.54) is 25.3 Å². The number of aromatic nitrogens is 1. The highest BCUT2D eigenvalue weighted by molar-refractivity contribution is 6.02. The van der Waals surface area contributed by atoms with Crippen molar-refractivity contribution >= 4 is 28.5 Å². The molecule has 3 atom stereocenters. The van der Waals surface area contributed by atoms with E-state index in [0.29, 0.717) is 24.0 Å². The number of fused-ring (bicyclic) bond motifs is 1. The number of nitrogens with zero attached hydrogens (tertiary/aromatic N) is 1. The predicted molar refractivity (Wildman–Crippen MR) is 134 cm³/mol. The summed E-state index contributed by atoms with van der Waals surface area (Å²) in [6.07, 6.45) is 1.06. The maximum atomic E-state index is 14.3. The van der Waals surface area contributed by atoms with Gasteiger partial charge in [-0.3, -0.25) is 14.4 Å². The molecule has 8 nitrogen and oxygen atoms in total. The van der Waals surface area contributed by atoms with Gasteiger partial charge in [0.25, 0.3) is 0 Å². The van der Waals surface area contributed by atoms with Crippen molar-refractivity contribution in [1.29, 1.82) is 5.26 Å². The Balaban J connectivity index is 1.77. The first-order valence-corrected chi connectivity index (χ1v) is 12.1. The molecule has 9 heteroatoms. The van der Waals surface area contributed by atoms with Gasteiger partial charge in [-0.05, 0) is 56.7 Å². The summed E-state index contributed by atoms with van der Waals surface area (Å²) in [7, 11) is 1.46. The highest BCUT2D eigenvalue weighted by atomic mass is 19.1. The Bertz CT molecular complexity index is 1200. The molecule has 1 fully saturated rings. The Morgan fingerprint density at radius 1 is 1.33 bits per heavy atom. The number of carbonyl (C=O) groups is 3. The van der Waals surface area contributed by atoms with Gasteiger partial charge in [-0.15, -0.1) is 0 Å². The molecule has 3 rings (SSSR count). The summed E-state index contributed by atoms with van der Waals surface area (Å²) < 4.78 is 19.6. The second-order valence-corrected chi connectivity index (χ2v) is 11.5. The van der Waals surface area contributed by atoms with Crippen LogP contribution in [0.4, 0.5) is 4.39 Å². The van der Waals surface area contributed by atoms with Gasteiger partial charge in [0.2, 0.25) is 11.8 Å². The fraction of sp³-hybridized carbons (Fsp3) is 0.556. The van der Waals surface area contributed by atoms with Gasteiger partial charge >= 0.3 is 0 Å². The number of aromatic amines is 1. The summed E-state index contributed by atoms with van der Waals surface area (Å²) >= 11 is 0. The third-order valence-corrected chi connectivity index (χ3v) is 6.47. The van der Waals surface area contributed by atoms with Crippen LogP contribution in [-0.4, -0.2) is 41.3 Å². The summed E-state index contributed by atoms with van der Waals surface area (Å²) in [6, 6.07) is 5.51. The summed E-state index contributed by atoms with van der Waals surface area (Å²) in [5.74, 6) is -2.04. The van der Waals surface area contributed by atoms with E-state index in [-0.39, 0.29) is 52.6 Å². The largest absolute Gasteiger partial charge is 0.496 e. The van der Waals surface area contributed by atoms with Crippen LogP contribution in [-0.2, 0) is 9.59 Å². The van der Waals surface area contributed by atoms with Crippen LogP contribution in [0.5, 0.6) is 5.75 Å². The van der Waals surface area contributed by atoms with Gasteiger partial charge in [-0.1, -0.05) is 20.8 Å². The molecule has 36 heavy (non-hydrogen) atoms. The Labute approximate surface area is 211 Å². The van der Waals surface area contributed by atoms with Crippen LogP contribution < -0.4 is 15.4 Å². The van der Waals surface area contributed by atoms with Crippen molar-refractivity contribution in [3.05, 3.63) is 29.7 Å². The minimum atomic E-state index is -0.855. The fourth-order valence-electron chi connectivity index (χ4n) is 4.92. The van der Waals surface area contributed by atoms with E-state index in [2.05, 4.69) is 21.7 Å². The molecule has 0 spiro atoms. The van der Waals surface area contributed by atoms with Gasteiger partial charge in [0.05, 0.1) is 24.4 Å². The van der Waals surface area contributed by atoms with E-state index in [1.54, 1.807) is 0 Å². The van der Waals surface area contributed by atoms with Crippen LogP contribution in [0.25, 0.3) is 10.9 Å². The molecule has 0 saturated carbocycles. The second kappa shape index (κ2) is 10.3. The van der Waals surface area contributed by atoms with Gasteiger partial charge in [-0.2, -0.15) is 5.26 Å². The molecule has 2 amide bonds. The molecule has 3 unspecified atom stereocenters. The lowest BCUT2D eigenvalue weighted by Gasteiger charge is -2.26. The van der Waals surface area contributed by atoms with E-state index >= 15 is 0 Å². The minimum absolute atomic E-state index is 0.116. The number of amides is 2. The van der Waals surface area contributed by atoms with Crippen molar-refractivity contribution in [1.82, 2.24) is 15.6 Å². The monoisotopic (exact) mass is 498 g/mol. The molecule has 194 valence electrons. The molecule has 0 aliphatic carbocycles. The topological polar surface area (TPSA) is 124 Å². The van der Waals surface area contributed by atoms with Crippen LogP contribution in [0.15, 0.2) is 18.2 Å². The first-order chi connectivity index (χ1) is 16.7. The zero-order valence-electron chi connectivity index (χ0n) is 21.8. The average Bonchev–Trinajstić information content (AvgIpc) is 3.33. The van der Waals surface area contributed by atoms with Crippen LogP contribution in [0.3, 0.4) is 0 Å². The number of carbonyl (C=O) groups excluding carboxylic acids is 3. The zero-order chi connectivity index (χ0) is 26.8. The number of ketones is 1. The summed E-state index contributed by atoms with van der Waals surface area (Å²) in [5, 5.41) is 15.8. The van der Waals surface area contributed by atoms with E-state index < -0.39 is 23.7 Å². The Morgan fingerprint density at radius 2 is 2.03 bits per heavy atom. The summed E-state index contributed by atoms with van der Waals surface area (Å²) in [4.78, 5) is 41.5. The van der Waals surface area contributed by atoms with E-state index in [1.807, 2.05) is 34.6 Å². The van der Waals surface area contributed by atoms with Crippen LogP contribution >= 0.6 is 0 Å². The lowest BCUT2D eigenvalue weighted by molar-refractivity contribution is -0.127. The molecule has 2 heterocycles. The first kappa shape index (κ1) is 27.2. The van der Waals surface area contributed by atoms with Crippen LogP contribution in [0.2, 0.25) is 0 Å². The normalized spacial score (nSPS) is 18.8. The Kier molecular flexibility index (Phi) is 7.77. The zero-order valence-corrected chi connectivity index (χ0v) is 21.8. The van der Waals surface area contributed by atoms with Crippen LogP contribution in [0, 0.1) is 34.4 Å². The maximum absolute atomic E-state index is 14.3. The molecule has 1 aromatic heterocycles. The van der Waals surface area contributed by atoms with E-state index in [4.69, 9.17) is 4.74 Å². The van der Waals surface area contributed by atoms with Crippen molar-refractivity contribution in [3.63, 3.8) is 0 Å². The number of hydrogen-bond donors (Lipinski definition) is 3. The maximum Gasteiger partial charge on any atom is 0.224 e. The number of H-pyrrole nitrogens is 1. The number of nitrogens with one attached hydrogen (secondary N) is 3. The number of benzene rings is 1. The Hall–Kier alpha value is -3.41. The number of rotatable bonds is 9. The fourth-order valence-corrected chi connectivity index (χ4v) is 4.92. The highest BCUT2D eigenvalue weighted by Crippen LogP contribution is 2.32. The molecule has 1 aliphatic heterocycles. The van der Waals surface area contributed by atoms with Crippen molar-refractivity contribution in [2.45, 2.75) is 71.9 Å². The molecule has 1 aromatic carbocycles. The van der Waals surface area contributed by atoms with Crippen molar-refractivity contribution < 1.29 is 23.5 Å².